The number of aromatic amines is 1. The first kappa shape index (κ1) is 12.3. The Morgan fingerprint density at radius 3 is 2.94 bits per heavy atom. The third-order valence-electron chi connectivity index (χ3n) is 2.18. The number of hydrogen-bond donors (Lipinski definition) is 1. The van der Waals surface area contributed by atoms with Gasteiger partial charge in [-0.15, -0.1) is 4.68 Å². The number of rotatable bonds is 2. The molecule has 18 heavy (non-hydrogen) atoms. The fourth-order valence-electron chi connectivity index (χ4n) is 1.29. The van der Waals surface area contributed by atoms with E-state index < -0.39 is 11.2 Å². The highest BCUT2D eigenvalue weighted by Gasteiger charge is 2.02. The lowest BCUT2D eigenvalue weighted by atomic mass is 10.2. The van der Waals surface area contributed by atoms with Gasteiger partial charge in [0.05, 0.1) is 6.21 Å². The van der Waals surface area contributed by atoms with Gasteiger partial charge in [-0.1, -0.05) is 23.7 Å². The lowest BCUT2D eigenvalue weighted by Crippen LogP contribution is -2.35. The highest BCUT2D eigenvalue weighted by Crippen LogP contribution is 2.08. The van der Waals surface area contributed by atoms with Crippen LogP contribution in [0.5, 0.6) is 0 Å². The maximum absolute atomic E-state index is 11.6. The molecule has 0 radical (unpaired) electrons. The molecule has 0 saturated heterocycles. The molecule has 0 saturated carbocycles. The summed E-state index contributed by atoms with van der Waals surface area (Å²) in [6.45, 7) is 1.49. The molecule has 7 heteroatoms. The molecule has 0 aliphatic heterocycles. The molecule has 0 unspecified atom stereocenters. The summed E-state index contributed by atoms with van der Waals surface area (Å²) < 4.78 is 0.712. The van der Waals surface area contributed by atoms with Crippen molar-refractivity contribution in [2.75, 3.05) is 0 Å². The molecule has 2 rings (SSSR count). The zero-order valence-corrected chi connectivity index (χ0v) is 10.2. The van der Waals surface area contributed by atoms with Crippen molar-refractivity contribution in [3.05, 3.63) is 61.4 Å². The molecule has 6 nitrogen and oxygen atoms in total. The minimum atomic E-state index is -0.691. The summed E-state index contributed by atoms with van der Waals surface area (Å²) >= 11 is 5.81. The summed E-state index contributed by atoms with van der Waals surface area (Å²) in [5.74, 6) is 0. The summed E-state index contributed by atoms with van der Waals surface area (Å²) in [5, 5.41) is 10.1. The summed E-state index contributed by atoms with van der Waals surface area (Å²) in [6, 6.07) is 6.88. The molecular formula is C11H9ClN4O2. The summed E-state index contributed by atoms with van der Waals surface area (Å²) in [4.78, 5) is 23.0. The molecule has 0 aliphatic rings. The van der Waals surface area contributed by atoms with Crippen LogP contribution < -0.4 is 11.2 Å². The van der Waals surface area contributed by atoms with Gasteiger partial charge in [0.1, 0.15) is 5.69 Å². The van der Waals surface area contributed by atoms with Gasteiger partial charge in [0.15, 0.2) is 0 Å². The van der Waals surface area contributed by atoms with E-state index in [9.17, 15) is 9.59 Å². The maximum atomic E-state index is 11.6. The maximum Gasteiger partial charge on any atom is 0.365 e. The van der Waals surface area contributed by atoms with Crippen LogP contribution in [0.3, 0.4) is 0 Å². The monoisotopic (exact) mass is 264 g/mol. The fraction of sp³-hybridized carbons (Fsp3) is 0.0909. The van der Waals surface area contributed by atoms with Crippen LogP contribution in [0.4, 0.5) is 0 Å². The first-order chi connectivity index (χ1) is 8.58. The van der Waals surface area contributed by atoms with E-state index in [0.717, 1.165) is 0 Å². The number of H-pyrrole nitrogens is 1. The molecule has 2 aromatic rings. The van der Waals surface area contributed by atoms with Gasteiger partial charge in [-0.3, -0.25) is 4.79 Å². The quantitative estimate of drug-likeness (QED) is 0.814. The average Bonchev–Trinajstić information content (AvgIpc) is 2.34. The Labute approximate surface area is 107 Å². The van der Waals surface area contributed by atoms with Crippen LogP contribution in [0, 0.1) is 6.92 Å². The Morgan fingerprint density at radius 2 is 2.22 bits per heavy atom. The lowest BCUT2D eigenvalue weighted by molar-refractivity contribution is 0.694. The highest BCUT2D eigenvalue weighted by atomic mass is 35.5. The summed E-state index contributed by atoms with van der Waals surface area (Å²) in [5.41, 5.74) is -0.401. The van der Waals surface area contributed by atoms with Gasteiger partial charge in [-0.25, -0.2) is 9.89 Å². The number of aryl methyl sites for hydroxylation is 1. The number of hydrogen-bond acceptors (Lipinski definition) is 4. The Bertz CT molecular complexity index is 717. The molecule has 1 aromatic heterocycles. The molecule has 0 bridgehead atoms. The molecular weight excluding hydrogens is 256 g/mol. The van der Waals surface area contributed by atoms with E-state index in [1.807, 2.05) is 0 Å². The van der Waals surface area contributed by atoms with E-state index in [4.69, 9.17) is 11.6 Å². The van der Waals surface area contributed by atoms with Crippen molar-refractivity contribution in [1.29, 1.82) is 0 Å². The van der Waals surface area contributed by atoms with Crippen molar-refractivity contribution in [1.82, 2.24) is 14.9 Å². The second-order valence-electron chi connectivity index (χ2n) is 3.53. The Balaban J connectivity index is 2.44. The number of nitrogens with one attached hydrogen (secondary N) is 1. The van der Waals surface area contributed by atoms with Crippen molar-refractivity contribution in [3.63, 3.8) is 0 Å². The Morgan fingerprint density at radius 1 is 1.44 bits per heavy atom. The van der Waals surface area contributed by atoms with Crippen molar-refractivity contribution >= 4 is 17.8 Å². The topological polar surface area (TPSA) is 80.1 Å². The minimum Gasteiger partial charge on any atom is -0.265 e. The van der Waals surface area contributed by atoms with Gasteiger partial charge in [0, 0.05) is 5.02 Å². The SMILES string of the molecule is Cc1n[nH]c(=O)n(/N=C/c2cccc(Cl)c2)c1=O. The molecule has 1 heterocycles. The fourth-order valence-corrected chi connectivity index (χ4v) is 1.49. The van der Waals surface area contributed by atoms with Gasteiger partial charge in [0.25, 0.3) is 5.56 Å². The van der Waals surface area contributed by atoms with E-state index >= 15 is 0 Å². The Hall–Kier alpha value is -2.21. The minimum absolute atomic E-state index is 0.165. The predicted molar refractivity (Wildman–Crippen MR) is 68.3 cm³/mol. The van der Waals surface area contributed by atoms with Crippen molar-refractivity contribution < 1.29 is 0 Å². The van der Waals surface area contributed by atoms with Crippen LogP contribution in [0.2, 0.25) is 5.02 Å². The molecule has 92 valence electrons. The van der Waals surface area contributed by atoms with Crippen molar-refractivity contribution in [2.45, 2.75) is 6.92 Å². The van der Waals surface area contributed by atoms with Crippen LogP contribution in [-0.4, -0.2) is 21.1 Å². The largest absolute Gasteiger partial charge is 0.365 e. The average molecular weight is 265 g/mol. The van der Waals surface area contributed by atoms with Crippen LogP contribution in [0.15, 0.2) is 39.0 Å². The first-order valence-electron chi connectivity index (χ1n) is 5.06. The normalized spacial score (nSPS) is 11.0. The molecule has 0 atom stereocenters. The number of halogens is 1. The molecule has 0 aliphatic carbocycles. The van der Waals surface area contributed by atoms with Gasteiger partial charge in [-0.05, 0) is 24.6 Å². The van der Waals surface area contributed by atoms with Crippen molar-refractivity contribution in [2.24, 2.45) is 5.10 Å². The van der Waals surface area contributed by atoms with Gasteiger partial charge >= 0.3 is 5.69 Å². The summed E-state index contributed by atoms with van der Waals surface area (Å²) in [6.07, 6.45) is 1.38. The molecule has 1 N–H and O–H groups in total. The van der Waals surface area contributed by atoms with Crippen LogP contribution >= 0.6 is 11.6 Å². The van der Waals surface area contributed by atoms with Crippen molar-refractivity contribution in [3.8, 4) is 0 Å². The highest BCUT2D eigenvalue weighted by molar-refractivity contribution is 6.30. The third-order valence-corrected chi connectivity index (χ3v) is 2.42. The van der Waals surface area contributed by atoms with E-state index in [1.54, 1.807) is 24.3 Å². The van der Waals surface area contributed by atoms with Crippen LogP contribution in [0.1, 0.15) is 11.3 Å². The second kappa shape index (κ2) is 4.97. The zero-order valence-electron chi connectivity index (χ0n) is 9.42. The van der Waals surface area contributed by atoms with E-state index in [1.165, 1.54) is 13.1 Å². The van der Waals surface area contributed by atoms with Gasteiger partial charge in [0.2, 0.25) is 0 Å². The molecule has 0 spiro atoms. The molecule has 0 fully saturated rings. The first-order valence-corrected chi connectivity index (χ1v) is 5.44. The van der Waals surface area contributed by atoms with Gasteiger partial charge < -0.3 is 0 Å². The third kappa shape index (κ3) is 2.54. The number of nitrogens with zero attached hydrogens (tertiary/aromatic N) is 3. The predicted octanol–water partition coefficient (Wildman–Crippen LogP) is 0.776. The smallest absolute Gasteiger partial charge is 0.265 e. The van der Waals surface area contributed by atoms with Crippen LogP contribution in [-0.2, 0) is 0 Å². The van der Waals surface area contributed by atoms with E-state index in [2.05, 4.69) is 15.3 Å². The summed E-state index contributed by atoms with van der Waals surface area (Å²) in [7, 11) is 0. The standard InChI is InChI=1S/C11H9ClN4O2/c1-7-10(17)16(11(18)15-14-7)13-6-8-3-2-4-9(12)5-8/h2-6H,1H3,(H,15,18)/b13-6+. The molecule has 1 aromatic carbocycles. The second-order valence-corrected chi connectivity index (χ2v) is 3.97. The van der Waals surface area contributed by atoms with Crippen LogP contribution in [0.25, 0.3) is 0 Å². The van der Waals surface area contributed by atoms with E-state index in [-0.39, 0.29) is 5.69 Å². The molecule has 0 amide bonds. The zero-order chi connectivity index (χ0) is 13.1. The number of benzene rings is 1. The lowest BCUT2D eigenvalue weighted by Gasteiger charge is -1.97. The van der Waals surface area contributed by atoms with Gasteiger partial charge in [-0.2, -0.15) is 10.2 Å². The Kier molecular flexibility index (Phi) is 3.38. The number of aromatic nitrogens is 3. The van der Waals surface area contributed by atoms with E-state index in [0.29, 0.717) is 15.3 Å².